The van der Waals surface area contributed by atoms with Gasteiger partial charge in [-0.15, -0.1) is 11.3 Å². The van der Waals surface area contributed by atoms with E-state index >= 15 is 0 Å². The number of hydrogen-bond acceptors (Lipinski definition) is 5. The van der Waals surface area contributed by atoms with Crippen molar-refractivity contribution in [2.24, 2.45) is 5.92 Å². The third-order valence-electron chi connectivity index (χ3n) is 4.92. The second kappa shape index (κ2) is 7.85. The van der Waals surface area contributed by atoms with E-state index in [2.05, 4.69) is 20.4 Å². The summed E-state index contributed by atoms with van der Waals surface area (Å²) < 4.78 is 7.77. The molecule has 1 aromatic carbocycles. The molecule has 4 nitrogen and oxygen atoms in total. The third-order valence-corrected chi connectivity index (χ3v) is 7.19. The van der Waals surface area contributed by atoms with Gasteiger partial charge in [0.15, 0.2) is 5.16 Å². The summed E-state index contributed by atoms with van der Waals surface area (Å²) in [5.41, 5.74) is 3.04. The lowest BCUT2D eigenvalue weighted by atomic mass is 9.96. The van der Waals surface area contributed by atoms with Crippen molar-refractivity contribution in [2.75, 3.05) is 5.75 Å². The van der Waals surface area contributed by atoms with Gasteiger partial charge in [0.2, 0.25) is 0 Å². The summed E-state index contributed by atoms with van der Waals surface area (Å²) in [6.07, 6.45) is 0.920. The van der Waals surface area contributed by atoms with Crippen LogP contribution in [0.3, 0.4) is 0 Å². The van der Waals surface area contributed by atoms with E-state index in [1.807, 2.05) is 37.3 Å². The van der Waals surface area contributed by atoms with Crippen molar-refractivity contribution in [3.63, 3.8) is 0 Å². The zero-order valence-corrected chi connectivity index (χ0v) is 18.0. The summed E-state index contributed by atoms with van der Waals surface area (Å²) in [5.74, 6) is 1.15. The van der Waals surface area contributed by atoms with Crippen LogP contribution < -0.4 is 5.56 Å². The van der Waals surface area contributed by atoms with Crippen LogP contribution in [0.5, 0.6) is 0 Å². The molecule has 0 N–H and O–H groups in total. The van der Waals surface area contributed by atoms with Gasteiger partial charge in [-0.2, -0.15) is 0 Å². The highest BCUT2D eigenvalue weighted by Crippen LogP contribution is 2.36. The van der Waals surface area contributed by atoms with Crippen molar-refractivity contribution in [3.8, 4) is 5.69 Å². The molecule has 0 aliphatic carbocycles. The summed E-state index contributed by atoms with van der Waals surface area (Å²) in [5, 5.41) is 1.48. The molecular formula is C22H24N2O2S2. The maximum absolute atomic E-state index is 13.7. The van der Waals surface area contributed by atoms with E-state index in [0.717, 1.165) is 44.1 Å². The Kier molecular flexibility index (Phi) is 5.45. The molecule has 146 valence electrons. The van der Waals surface area contributed by atoms with Crippen molar-refractivity contribution in [1.82, 2.24) is 9.55 Å². The third kappa shape index (κ3) is 3.56. The number of aromatic nitrogens is 2. The first-order valence-electron chi connectivity index (χ1n) is 9.47. The Morgan fingerprint density at radius 3 is 2.82 bits per heavy atom. The molecule has 0 radical (unpaired) electrons. The van der Waals surface area contributed by atoms with Gasteiger partial charge < -0.3 is 4.74 Å². The van der Waals surface area contributed by atoms with Gasteiger partial charge in [0.25, 0.3) is 5.56 Å². The lowest BCUT2D eigenvalue weighted by Gasteiger charge is -2.26. The first-order chi connectivity index (χ1) is 13.5. The number of para-hydroxylation sites is 1. The minimum atomic E-state index is 0.0160. The Bertz CT molecular complexity index is 1080. The normalized spacial score (nSPS) is 16.5. The van der Waals surface area contributed by atoms with E-state index < -0.39 is 0 Å². The molecule has 0 saturated heterocycles. The van der Waals surface area contributed by atoms with Gasteiger partial charge in [0.1, 0.15) is 4.83 Å². The fourth-order valence-corrected chi connectivity index (χ4v) is 5.45. The smallest absolute Gasteiger partial charge is 0.267 e. The van der Waals surface area contributed by atoms with E-state index in [4.69, 9.17) is 9.72 Å². The number of nitrogens with zero attached hydrogens (tertiary/aromatic N) is 2. The summed E-state index contributed by atoms with van der Waals surface area (Å²) in [7, 11) is 0. The van der Waals surface area contributed by atoms with Gasteiger partial charge in [-0.25, -0.2) is 4.98 Å². The fraction of sp³-hybridized carbons (Fsp3) is 0.364. The highest BCUT2D eigenvalue weighted by molar-refractivity contribution is 7.99. The summed E-state index contributed by atoms with van der Waals surface area (Å²) >= 11 is 3.15. The van der Waals surface area contributed by atoms with Crippen molar-refractivity contribution >= 4 is 33.3 Å². The van der Waals surface area contributed by atoms with Crippen LogP contribution >= 0.6 is 23.1 Å². The van der Waals surface area contributed by atoms with Gasteiger partial charge in [0, 0.05) is 17.1 Å². The summed E-state index contributed by atoms with van der Waals surface area (Å²) in [4.78, 5) is 20.5. The molecule has 2 aromatic heterocycles. The Morgan fingerprint density at radius 2 is 2.14 bits per heavy atom. The summed E-state index contributed by atoms with van der Waals surface area (Å²) in [6, 6.07) is 9.77. The van der Waals surface area contributed by atoms with Crippen LogP contribution in [0.15, 0.2) is 52.4 Å². The Hall–Kier alpha value is -1.89. The van der Waals surface area contributed by atoms with E-state index in [9.17, 15) is 4.79 Å². The van der Waals surface area contributed by atoms with Gasteiger partial charge in [0.05, 0.1) is 23.8 Å². The molecule has 3 heterocycles. The van der Waals surface area contributed by atoms with Gasteiger partial charge in [-0.3, -0.25) is 9.36 Å². The van der Waals surface area contributed by atoms with Crippen LogP contribution in [0.25, 0.3) is 15.9 Å². The van der Waals surface area contributed by atoms with Gasteiger partial charge in [-0.05, 0) is 30.5 Å². The molecule has 4 rings (SSSR count). The number of fused-ring (bicyclic) bond motifs is 3. The van der Waals surface area contributed by atoms with Crippen LogP contribution in [0, 0.1) is 5.92 Å². The van der Waals surface area contributed by atoms with E-state index in [1.165, 1.54) is 0 Å². The van der Waals surface area contributed by atoms with Crippen LogP contribution in [-0.4, -0.2) is 21.4 Å². The summed E-state index contributed by atoms with van der Waals surface area (Å²) in [6.45, 7) is 10.9. The second-order valence-corrected chi connectivity index (χ2v) is 9.62. The average molecular weight is 413 g/mol. The topological polar surface area (TPSA) is 44.1 Å². The minimum Gasteiger partial charge on any atom is -0.372 e. The van der Waals surface area contributed by atoms with Crippen LogP contribution in [0.2, 0.25) is 0 Å². The van der Waals surface area contributed by atoms with Crippen molar-refractivity contribution in [3.05, 3.63) is 63.3 Å². The molecule has 1 aliphatic heterocycles. The molecule has 0 bridgehead atoms. The zero-order chi connectivity index (χ0) is 19.8. The Balaban J connectivity index is 1.93. The van der Waals surface area contributed by atoms with Crippen LogP contribution in [-0.2, 0) is 17.8 Å². The van der Waals surface area contributed by atoms with Crippen LogP contribution in [0.1, 0.15) is 31.2 Å². The Labute approximate surface area is 173 Å². The largest absolute Gasteiger partial charge is 0.372 e. The molecule has 0 amide bonds. The van der Waals surface area contributed by atoms with Crippen molar-refractivity contribution < 1.29 is 4.74 Å². The SMILES string of the molecule is C=C(C)CSc1nc2sc3c(c2c(=O)n1-c1ccccc1)CC(C(C)C)OC3. The quantitative estimate of drug-likeness (QED) is 0.328. The van der Waals surface area contributed by atoms with Gasteiger partial charge >= 0.3 is 0 Å². The van der Waals surface area contributed by atoms with Crippen LogP contribution in [0.4, 0.5) is 0 Å². The minimum absolute atomic E-state index is 0.0160. The first kappa shape index (κ1) is 19.4. The lowest BCUT2D eigenvalue weighted by Crippen LogP contribution is -2.28. The zero-order valence-electron chi connectivity index (χ0n) is 16.4. The molecule has 1 unspecified atom stereocenters. The molecule has 3 aromatic rings. The number of hydrogen-bond donors (Lipinski definition) is 0. The number of rotatable bonds is 5. The molecular weight excluding hydrogens is 388 g/mol. The predicted octanol–water partition coefficient (Wildman–Crippen LogP) is 5.21. The standard InChI is InChI=1S/C22H24N2O2S2/c1-13(2)12-27-22-23-20-19(21(25)24(22)15-8-6-5-7-9-15)16-10-17(14(3)4)26-11-18(16)28-20/h5-9,14,17H,1,10-12H2,2-4H3. The van der Waals surface area contributed by atoms with E-state index in [1.54, 1.807) is 27.7 Å². The van der Waals surface area contributed by atoms with E-state index in [0.29, 0.717) is 17.7 Å². The monoisotopic (exact) mass is 412 g/mol. The Morgan fingerprint density at radius 1 is 1.39 bits per heavy atom. The molecule has 28 heavy (non-hydrogen) atoms. The van der Waals surface area contributed by atoms with Gasteiger partial charge in [-0.1, -0.05) is 56.0 Å². The molecule has 6 heteroatoms. The van der Waals surface area contributed by atoms with Crippen molar-refractivity contribution in [2.45, 2.75) is 45.1 Å². The maximum atomic E-state index is 13.7. The molecule has 0 fully saturated rings. The number of thiophene rings is 1. The number of ether oxygens (including phenoxy) is 1. The molecule has 1 atom stereocenters. The molecule has 1 aliphatic rings. The maximum Gasteiger partial charge on any atom is 0.267 e. The number of thioether (sulfide) groups is 1. The predicted molar refractivity (Wildman–Crippen MR) is 118 cm³/mol. The highest BCUT2D eigenvalue weighted by atomic mass is 32.2. The molecule has 0 saturated carbocycles. The average Bonchev–Trinajstić information content (AvgIpc) is 3.04. The highest BCUT2D eigenvalue weighted by Gasteiger charge is 2.28. The lowest BCUT2D eigenvalue weighted by molar-refractivity contribution is 0.00200. The fourth-order valence-electron chi connectivity index (χ4n) is 3.43. The van der Waals surface area contributed by atoms with Crippen molar-refractivity contribution in [1.29, 1.82) is 0 Å². The first-order valence-corrected chi connectivity index (χ1v) is 11.3. The van der Waals surface area contributed by atoms with E-state index in [-0.39, 0.29) is 11.7 Å². The second-order valence-electron chi connectivity index (χ2n) is 7.60. The number of benzene rings is 1. The molecule has 0 spiro atoms.